The van der Waals surface area contributed by atoms with Crippen molar-refractivity contribution in [2.24, 2.45) is 0 Å². The fraction of sp³-hybridized carbons (Fsp3) is 0.118. The van der Waals surface area contributed by atoms with E-state index < -0.39 is 15.8 Å². The van der Waals surface area contributed by atoms with Crippen molar-refractivity contribution in [3.8, 4) is 11.5 Å². The molecule has 0 aliphatic carbocycles. The largest absolute Gasteiger partial charge is 0.478 e. The van der Waals surface area contributed by atoms with E-state index in [0.29, 0.717) is 5.75 Å². The molecule has 23 heavy (non-hydrogen) atoms. The smallest absolute Gasteiger partial charge is 0.335 e. The second kappa shape index (κ2) is 6.66. The summed E-state index contributed by atoms with van der Waals surface area (Å²) in [4.78, 5) is 10.8. The minimum atomic E-state index is -3.63. The highest BCUT2D eigenvalue weighted by Crippen LogP contribution is 2.30. The molecule has 0 fully saturated rings. The van der Waals surface area contributed by atoms with Crippen LogP contribution < -0.4 is 4.74 Å². The summed E-state index contributed by atoms with van der Waals surface area (Å²) in [5.74, 6) is -0.639. The van der Waals surface area contributed by atoms with Gasteiger partial charge in [0.25, 0.3) is 0 Å². The molecule has 6 heteroatoms. The number of ether oxygens (including phenoxy) is 1. The second-order valence-corrected chi connectivity index (χ2v) is 6.89. The van der Waals surface area contributed by atoms with E-state index in [9.17, 15) is 13.2 Å². The van der Waals surface area contributed by atoms with E-state index in [-0.39, 0.29) is 16.2 Å². The molecular formula is C17H16O5S. The number of benzene rings is 2. The lowest BCUT2D eigenvalue weighted by Crippen LogP contribution is -2.04. The molecule has 0 aliphatic heterocycles. The lowest BCUT2D eigenvalue weighted by atomic mass is 10.2. The second-order valence-electron chi connectivity index (χ2n) is 4.91. The summed E-state index contributed by atoms with van der Waals surface area (Å²) in [5.41, 5.74) is 0.880. The summed E-state index contributed by atoms with van der Waals surface area (Å²) < 4.78 is 29.4. The van der Waals surface area contributed by atoms with E-state index in [1.54, 1.807) is 12.1 Å². The van der Waals surface area contributed by atoms with Crippen LogP contribution in [0.25, 0.3) is 6.08 Å². The van der Waals surface area contributed by atoms with Gasteiger partial charge in [-0.25, -0.2) is 13.2 Å². The van der Waals surface area contributed by atoms with Gasteiger partial charge in [-0.15, -0.1) is 0 Å². The Morgan fingerprint density at radius 2 is 1.78 bits per heavy atom. The molecule has 0 spiro atoms. The van der Waals surface area contributed by atoms with E-state index in [2.05, 4.69) is 0 Å². The van der Waals surface area contributed by atoms with Crippen LogP contribution in [0, 0.1) is 0 Å². The minimum Gasteiger partial charge on any atom is -0.478 e. The van der Waals surface area contributed by atoms with Crippen molar-refractivity contribution >= 4 is 21.9 Å². The number of hydrogen-bond acceptors (Lipinski definition) is 4. The summed E-state index contributed by atoms with van der Waals surface area (Å²) in [6.45, 7) is 1.91. The van der Waals surface area contributed by atoms with Gasteiger partial charge < -0.3 is 9.84 Å². The lowest BCUT2D eigenvalue weighted by molar-refractivity contribution is 0.0696. The molecule has 0 radical (unpaired) electrons. The average Bonchev–Trinajstić information content (AvgIpc) is 2.48. The number of allylic oxidation sites excluding steroid dienone is 1. The molecular weight excluding hydrogens is 316 g/mol. The molecule has 1 N–H and O–H groups in total. The van der Waals surface area contributed by atoms with E-state index in [0.717, 1.165) is 17.9 Å². The number of hydrogen-bond donors (Lipinski definition) is 1. The molecule has 0 saturated carbocycles. The molecule has 0 amide bonds. The molecule has 0 unspecified atom stereocenters. The van der Waals surface area contributed by atoms with Gasteiger partial charge in [-0.1, -0.05) is 24.3 Å². The van der Waals surface area contributed by atoms with Crippen LogP contribution in [0.4, 0.5) is 0 Å². The molecule has 2 rings (SSSR count). The molecule has 120 valence electrons. The van der Waals surface area contributed by atoms with E-state index in [1.165, 1.54) is 12.1 Å². The minimum absolute atomic E-state index is 0.0938. The van der Waals surface area contributed by atoms with Crippen LogP contribution in [0.5, 0.6) is 11.5 Å². The topological polar surface area (TPSA) is 80.7 Å². The Labute approximate surface area is 134 Å². The van der Waals surface area contributed by atoms with Crippen molar-refractivity contribution in [2.75, 3.05) is 6.26 Å². The summed E-state index contributed by atoms with van der Waals surface area (Å²) in [6.07, 6.45) is 4.84. The van der Waals surface area contributed by atoms with Crippen LogP contribution in [-0.2, 0) is 9.84 Å². The number of carboxylic acids is 1. The van der Waals surface area contributed by atoms with Crippen molar-refractivity contribution < 1.29 is 23.1 Å². The van der Waals surface area contributed by atoms with Crippen LogP contribution in [-0.4, -0.2) is 25.7 Å². The first-order valence-corrected chi connectivity index (χ1v) is 8.68. The average molecular weight is 332 g/mol. The van der Waals surface area contributed by atoms with Crippen LogP contribution >= 0.6 is 0 Å². The van der Waals surface area contributed by atoms with E-state index in [1.807, 2.05) is 31.2 Å². The Morgan fingerprint density at radius 1 is 1.13 bits per heavy atom. The van der Waals surface area contributed by atoms with Crippen LogP contribution in [0.3, 0.4) is 0 Å². The maximum absolute atomic E-state index is 11.9. The fourth-order valence-electron chi connectivity index (χ4n) is 1.98. The number of sulfone groups is 1. The third-order valence-corrected chi connectivity index (χ3v) is 4.18. The van der Waals surface area contributed by atoms with Crippen molar-refractivity contribution in [1.29, 1.82) is 0 Å². The summed E-state index contributed by atoms with van der Waals surface area (Å²) in [5, 5.41) is 8.99. The van der Waals surface area contributed by atoms with Gasteiger partial charge in [-0.3, -0.25) is 0 Å². The van der Waals surface area contributed by atoms with E-state index >= 15 is 0 Å². The normalized spacial score (nSPS) is 11.6. The summed E-state index contributed by atoms with van der Waals surface area (Å²) in [6, 6.07) is 10.8. The first-order valence-electron chi connectivity index (χ1n) is 6.79. The Hall–Kier alpha value is -2.60. The third kappa shape index (κ3) is 4.20. The van der Waals surface area contributed by atoms with Gasteiger partial charge in [-0.2, -0.15) is 0 Å². The molecule has 2 aromatic carbocycles. The van der Waals surface area contributed by atoms with Gasteiger partial charge >= 0.3 is 5.97 Å². The molecule has 2 aromatic rings. The van der Waals surface area contributed by atoms with Crippen molar-refractivity contribution in [2.45, 2.75) is 11.8 Å². The monoisotopic (exact) mass is 332 g/mol. The van der Waals surface area contributed by atoms with Gasteiger partial charge in [0.2, 0.25) is 0 Å². The molecule has 0 heterocycles. The Bertz CT molecular complexity index is 849. The number of carboxylic acid groups (broad SMARTS) is 1. The molecule has 5 nitrogen and oxygen atoms in total. The summed E-state index contributed by atoms with van der Waals surface area (Å²) >= 11 is 0. The highest BCUT2D eigenvalue weighted by atomic mass is 32.2. The van der Waals surface area contributed by atoms with Crippen LogP contribution in [0.2, 0.25) is 0 Å². The molecule has 0 aliphatic rings. The van der Waals surface area contributed by atoms with Gasteiger partial charge in [0.05, 0.1) is 5.56 Å². The van der Waals surface area contributed by atoms with Gasteiger partial charge in [0.15, 0.2) is 9.84 Å². The van der Waals surface area contributed by atoms with E-state index in [4.69, 9.17) is 9.84 Å². The van der Waals surface area contributed by atoms with Crippen LogP contribution in [0.15, 0.2) is 53.4 Å². The van der Waals surface area contributed by atoms with Crippen molar-refractivity contribution in [3.05, 3.63) is 59.7 Å². The maximum atomic E-state index is 11.9. The first kappa shape index (κ1) is 16.8. The van der Waals surface area contributed by atoms with Gasteiger partial charge in [-0.05, 0) is 42.8 Å². The lowest BCUT2D eigenvalue weighted by Gasteiger charge is -2.11. The fourth-order valence-corrected chi connectivity index (χ4v) is 2.80. The third-order valence-electron chi connectivity index (χ3n) is 3.06. The molecule has 0 bridgehead atoms. The standard InChI is InChI=1S/C17H16O5S/c1-3-4-12-5-8-14(9-6-12)22-15-10-7-13(17(18)19)11-16(15)23(2,20)21/h3-11H,1-2H3,(H,18,19)/b4-3+. The predicted molar refractivity (Wildman–Crippen MR) is 87.7 cm³/mol. The van der Waals surface area contributed by atoms with Crippen molar-refractivity contribution in [1.82, 2.24) is 0 Å². The Morgan fingerprint density at radius 3 is 2.30 bits per heavy atom. The zero-order valence-corrected chi connectivity index (χ0v) is 13.5. The molecule has 0 atom stereocenters. The quantitative estimate of drug-likeness (QED) is 0.904. The zero-order valence-electron chi connectivity index (χ0n) is 12.7. The zero-order chi connectivity index (χ0) is 17.0. The number of aromatic carboxylic acids is 1. The highest BCUT2D eigenvalue weighted by molar-refractivity contribution is 7.90. The molecule has 0 aromatic heterocycles. The predicted octanol–water partition coefficient (Wildman–Crippen LogP) is 3.61. The number of rotatable bonds is 5. The Balaban J connectivity index is 2.41. The molecule has 0 saturated heterocycles. The Kier molecular flexibility index (Phi) is 4.86. The van der Waals surface area contributed by atoms with Crippen LogP contribution in [0.1, 0.15) is 22.8 Å². The van der Waals surface area contributed by atoms with Gasteiger partial charge in [0.1, 0.15) is 16.4 Å². The first-order chi connectivity index (χ1) is 10.8. The van der Waals surface area contributed by atoms with Gasteiger partial charge in [0, 0.05) is 6.26 Å². The number of carbonyl (C=O) groups is 1. The summed E-state index contributed by atoms with van der Waals surface area (Å²) in [7, 11) is -3.63. The van der Waals surface area contributed by atoms with Crippen molar-refractivity contribution in [3.63, 3.8) is 0 Å². The maximum Gasteiger partial charge on any atom is 0.335 e. The SMILES string of the molecule is C/C=C/c1ccc(Oc2ccc(C(=O)O)cc2S(C)(=O)=O)cc1. The highest BCUT2D eigenvalue weighted by Gasteiger charge is 2.18.